The van der Waals surface area contributed by atoms with Crippen LogP contribution in [0.25, 0.3) is 5.57 Å². The molecule has 0 aliphatic heterocycles. The summed E-state index contributed by atoms with van der Waals surface area (Å²) < 4.78 is 4.80. The number of benzene rings is 1. The van der Waals surface area contributed by atoms with Crippen LogP contribution < -0.4 is 4.74 Å². The molecule has 16 heavy (non-hydrogen) atoms. The van der Waals surface area contributed by atoms with Crippen LogP contribution in [0.5, 0.6) is 5.75 Å². The summed E-state index contributed by atoms with van der Waals surface area (Å²) in [6.45, 7) is 3.28. The number of hydrogen-bond acceptors (Lipinski definition) is 4. The molecule has 0 aromatic heterocycles. The van der Waals surface area contributed by atoms with Crippen molar-refractivity contribution in [2.24, 2.45) is 0 Å². The SMILES string of the molecule is C=C(C(=O)O)c1cccc(OC)c1[N+](=O)[O-]. The standard InChI is InChI=1S/C10H9NO5/c1-6(10(12)13)7-4-3-5-8(16-2)9(7)11(14)15/h3-5H,1H2,2H3,(H,12,13). The lowest BCUT2D eigenvalue weighted by molar-refractivity contribution is -0.386. The number of carbonyl (C=O) groups is 1. The van der Waals surface area contributed by atoms with Gasteiger partial charge in [-0.1, -0.05) is 12.6 Å². The molecule has 0 fully saturated rings. The van der Waals surface area contributed by atoms with Crippen molar-refractivity contribution < 1.29 is 19.6 Å². The zero-order chi connectivity index (χ0) is 12.3. The number of methoxy groups -OCH3 is 1. The summed E-state index contributed by atoms with van der Waals surface area (Å²) in [5, 5.41) is 19.6. The highest BCUT2D eigenvalue weighted by Crippen LogP contribution is 2.34. The van der Waals surface area contributed by atoms with E-state index < -0.39 is 16.6 Å². The molecule has 1 rings (SSSR count). The minimum atomic E-state index is -1.31. The van der Waals surface area contributed by atoms with Gasteiger partial charge in [0.15, 0.2) is 5.75 Å². The fourth-order valence-corrected chi connectivity index (χ4v) is 1.23. The minimum absolute atomic E-state index is 0.00454. The summed E-state index contributed by atoms with van der Waals surface area (Å²) in [6.07, 6.45) is 0. The highest BCUT2D eigenvalue weighted by molar-refractivity contribution is 6.16. The maximum Gasteiger partial charge on any atom is 0.335 e. The smallest absolute Gasteiger partial charge is 0.335 e. The van der Waals surface area contributed by atoms with Gasteiger partial charge in [-0.15, -0.1) is 0 Å². The third-order valence-corrected chi connectivity index (χ3v) is 1.98. The van der Waals surface area contributed by atoms with E-state index in [9.17, 15) is 14.9 Å². The van der Waals surface area contributed by atoms with Gasteiger partial charge in [0.2, 0.25) is 0 Å². The third-order valence-electron chi connectivity index (χ3n) is 1.98. The predicted octanol–water partition coefficient (Wildman–Crippen LogP) is 1.70. The highest BCUT2D eigenvalue weighted by Gasteiger charge is 2.24. The summed E-state index contributed by atoms with van der Waals surface area (Å²) >= 11 is 0. The fraction of sp³-hybridized carbons (Fsp3) is 0.100. The zero-order valence-electron chi connectivity index (χ0n) is 8.47. The number of nitro groups is 1. The second-order valence-electron chi connectivity index (χ2n) is 2.90. The van der Waals surface area contributed by atoms with Gasteiger partial charge in [-0.25, -0.2) is 4.79 Å². The number of rotatable bonds is 4. The largest absolute Gasteiger partial charge is 0.490 e. The number of hydrogen-bond donors (Lipinski definition) is 1. The topological polar surface area (TPSA) is 89.7 Å². The molecule has 6 heteroatoms. The van der Waals surface area contributed by atoms with Gasteiger partial charge < -0.3 is 9.84 Å². The Hall–Kier alpha value is -2.37. The molecular weight excluding hydrogens is 214 g/mol. The number of aliphatic carboxylic acids is 1. The quantitative estimate of drug-likeness (QED) is 0.476. The Kier molecular flexibility index (Phi) is 3.24. The van der Waals surface area contributed by atoms with E-state index in [1.807, 2.05) is 0 Å². The molecular formula is C10H9NO5. The molecule has 0 spiro atoms. The Labute approximate surface area is 90.9 Å². The van der Waals surface area contributed by atoms with Crippen molar-refractivity contribution in [3.05, 3.63) is 40.5 Å². The van der Waals surface area contributed by atoms with Gasteiger partial charge in [-0.3, -0.25) is 10.1 Å². The second-order valence-corrected chi connectivity index (χ2v) is 2.90. The fourth-order valence-electron chi connectivity index (χ4n) is 1.23. The molecule has 0 saturated carbocycles. The van der Waals surface area contributed by atoms with E-state index in [0.29, 0.717) is 0 Å². The summed E-state index contributed by atoms with van der Waals surface area (Å²) in [6, 6.07) is 4.17. The molecule has 0 amide bonds. The van der Waals surface area contributed by atoms with Gasteiger partial charge in [0.05, 0.1) is 23.2 Å². The van der Waals surface area contributed by atoms with Crippen molar-refractivity contribution in [1.29, 1.82) is 0 Å². The van der Waals surface area contributed by atoms with Gasteiger partial charge in [0.25, 0.3) is 0 Å². The summed E-state index contributed by atoms with van der Waals surface area (Å²) in [5.74, 6) is -1.30. The molecule has 0 radical (unpaired) electrons. The molecule has 0 aliphatic carbocycles. The summed E-state index contributed by atoms with van der Waals surface area (Å²) in [7, 11) is 1.27. The highest BCUT2D eigenvalue weighted by atomic mass is 16.6. The van der Waals surface area contributed by atoms with Crippen molar-refractivity contribution >= 4 is 17.2 Å². The van der Waals surface area contributed by atoms with Crippen LogP contribution in [0.1, 0.15) is 5.56 Å². The Balaban J connectivity index is 3.44. The molecule has 1 aromatic rings. The number of para-hydroxylation sites is 1. The number of nitro benzene ring substituents is 1. The first-order valence-corrected chi connectivity index (χ1v) is 4.23. The van der Waals surface area contributed by atoms with Crippen molar-refractivity contribution in [1.82, 2.24) is 0 Å². The molecule has 6 nitrogen and oxygen atoms in total. The van der Waals surface area contributed by atoms with Gasteiger partial charge in [-0.05, 0) is 12.1 Å². The molecule has 0 atom stereocenters. The third kappa shape index (κ3) is 2.00. The van der Waals surface area contributed by atoms with Crippen LogP contribution in [-0.4, -0.2) is 23.1 Å². The van der Waals surface area contributed by atoms with Crippen LogP contribution in [0.3, 0.4) is 0 Å². The van der Waals surface area contributed by atoms with Gasteiger partial charge in [-0.2, -0.15) is 0 Å². The molecule has 0 bridgehead atoms. The number of carboxylic acids is 1. The van der Waals surface area contributed by atoms with Crippen LogP contribution in [0.4, 0.5) is 5.69 Å². The molecule has 0 heterocycles. The Morgan fingerprint density at radius 2 is 2.19 bits per heavy atom. The van der Waals surface area contributed by atoms with E-state index in [1.165, 1.54) is 25.3 Å². The first-order valence-electron chi connectivity index (χ1n) is 4.23. The average molecular weight is 223 g/mol. The normalized spacial score (nSPS) is 9.56. The number of nitrogens with zero attached hydrogens (tertiary/aromatic N) is 1. The van der Waals surface area contributed by atoms with Crippen LogP contribution >= 0.6 is 0 Å². The number of ether oxygens (including phenoxy) is 1. The molecule has 1 aromatic carbocycles. The predicted molar refractivity (Wildman–Crippen MR) is 56.3 cm³/mol. The lowest BCUT2D eigenvalue weighted by atomic mass is 10.1. The second kappa shape index (κ2) is 4.43. The van der Waals surface area contributed by atoms with E-state index in [0.717, 1.165) is 0 Å². The van der Waals surface area contributed by atoms with Crippen LogP contribution in [0, 0.1) is 10.1 Å². The molecule has 0 saturated heterocycles. The first kappa shape index (κ1) is 11.7. The maximum absolute atomic E-state index is 10.8. The molecule has 0 aliphatic rings. The Morgan fingerprint density at radius 1 is 1.56 bits per heavy atom. The van der Waals surface area contributed by atoms with E-state index in [-0.39, 0.29) is 16.9 Å². The van der Waals surface area contributed by atoms with E-state index in [2.05, 4.69) is 6.58 Å². The van der Waals surface area contributed by atoms with Gasteiger partial charge in [0, 0.05) is 0 Å². The van der Waals surface area contributed by atoms with E-state index in [1.54, 1.807) is 0 Å². The minimum Gasteiger partial charge on any atom is -0.490 e. The average Bonchev–Trinajstić information content (AvgIpc) is 2.26. The molecule has 0 unspecified atom stereocenters. The van der Waals surface area contributed by atoms with Crippen LogP contribution in [0.15, 0.2) is 24.8 Å². The van der Waals surface area contributed by atoms with E-state index in [4.69, 9.17) is 9.84 Å². The van der Waals surface area contributed by atoms with Gasteiger partial charge >= 0.3 is 11.7 Å². The molecule has 84 valence electrons. The lowest BCUT2D eigenvalue weighted by Crippen LogP contribution is -2.03. The Bertz CT molecular complexity index is 466. The number of carboxylic acid groups (broad SMARTS) is 1. The lowest BCUT2D eigenvalue weighted by Gasteiger charge is -2.06. The van der Waals surface area contributed by atoms with Crippen molar-refractivity contribution in [2.45, 2.75) is 0 Å². The first-order chi connectivity index (χ1) is 7.49. The Morgan fingerprint density at radius 3 is 2.62 bits per heavy atom. The van der Waals surface area contributed by atoms with Crippen LogP contribution in [0.2, 0.25) is 0 Å². The zero-order valence-corrected chi connectivity index (χ0v) is 8.47. The monoisotopic (exact) mass is 223 g/mol. The summed E-state index contributed by atoms with van der Waals surface area (Å²) in [5.41, 5.74) is -0.792. The maximum atomic E-state index is 10.8. The van der Waals surface area contributed by atoms with E-state index >= 15 is 0 Å². The van der Waals surface area contributed by atoms with Crippen molar-refractivity contribution in [2.75, 3.05) is 7.11 Å². The van der Waals surface area contributed by atoms with Crippen LogP contribution in [-0.2, 0) is 4.79 Å². The molecule has 1 N–H and O–H groups in total. The summed E-state index contributed by atoms with van der Waals surface area (Å²) in [4.78, 5) is 20.8. The van der Waals surface area contributed by atoms with Gasteiger partial charge in [0.1, 0.15) is 0 Å². The van der Waals surface area contributed by atoms with Crippen molar-refractivity contribution in [3.8, 4) is 5.75 Å². The van der Waals surface area contributed by atoms with Crippen molar-refractivity contribution in [3.63, 3.8) is 0 Å².